The molecule has 1 aliphatic rings. The highest BCUT2D eigenvalue weighted by Gasteiger charge is 2.27. The van der Waals surface area contributed by atoms with Gasteiger partial charge in [-0.25, -0.2) is 4.98 Å². The summed E-state index contributed by atoms with van der Waals surface area (Å²) in [5.41, 5.74) is 1.15. The van der Waals surface area contributed by atoms with Crippen LogP contribution in [0, 0.1) is 0 Å². The minimum Gasteiger partial charge on any atom is -0.349 e. The molecule has 8 heteroatoms. The van der Waals surface area contributed by atoms with Gasteiger partial charge in [0.2, 0.25) is 0 Å². The van der Waals surface area contributed by atoms with Crippen LogP contribution in [0.5, 0.6) is 0 Å². The van der Waals surface area contributed by atoms with Gasteiger partial charge in [0.15, 0.2) is 10.8 Å². The molecule has 1 amide bonds. The number of benzene rings is 1. The summed E-state index contributed by atoms with van der Waals surface area (Å²) in [7, 11) is 0. The zero-order valence-corrected chi connectivity index (χ0v) is 14.4. The Labute approximate surface area is 149 Å². The van der Waals surface area contributed by atoms with E-state index in [1.54, 1.807) is 11.3 Å². The maximum Gasteiger partial charge on any atom is 0.273 e. The topological polar surface area (TPSA) is 75.9 Å². The SMILES string of the molecule is O=C(NCC1CCCN1c1nccs1)c1cnn(-c2ccccc2)n1. The summed E-state index contributed by atoms with van der Waals surface area (Å²) in [5.74, 6) is -0.201. The number of para-hydroxylation sites is 1. The number of thiazole rings is 1. The van der Waals surface area contributed by atoms with Crippen LogP contribution in [0.3, 0.4) is 0 Å². The Bertz CT molecular complexity index is 832. The normalized spacial score (nSPS) is 17.0. The predicted molar refractivity (Wildman–Crippen MR) is 96.2 cm³/mol. The Hall–Kier alpha value is -2.74. The minimum absolute atomic E-state index is 0.201. The van der Waals surface area contributed by atoms with Crippen molar-refractivity contribution in [2.45, 2.75) is 18.9 Å². The second kappa shape index (κ2) is 7.02. The number of hydrogen-bond donors (Lipinski definition) is 1. The van der Waals surface area contributed by atoms with Crippen molar-refractivity contribution in [3.63, 3.8) is 0 Å². The lowest BCUT2D eigenvalue weighted by Crippen LogP contribution is -2.40. The van der Waals surface area contributed by atoms with Gasteiger partial charge in [-0.05, 0) is 25.0 Å². The van der Waals surface area contributed by atoms with Gasteiger partial charge < -0.3 is 10.2 Å². The third kappa shape index (κ3) is 3.39. The zero-order valence-electron chi connectivity index (χ0n) is 13.6. The number of hydrogen-bond acceptors (Lipinski definition) is 6. The standard InChI is InChI=1S/C17H18N6OS/c24-16(15-12-20-23(21-15)13-5-2-1-3-6-13)19-11-14-7-4-9-22(14)17-18-8-10-25-17/h1-3,5-6,8,10,12,14H,4,7,9,11H2,(H,19,24). The Kier molecular flexibility index (Phi) is 4.43. The highest BCUT2D eigenvalue weighted by atomic mass is 32.1. The van der Waals surface area contributed by atoms with E-state index in [4.69, 9.17) is 0 Å². The molecular weight excluding hydrogens is 336 g/mol. The first-order chi connectivity index (χ1) is 12.3. The molecule has 0 aliphatic carbocycles. The van der Waals surface area contributed by atoms with Gasteiger partial charge in [-0.15, -0.1) is 16.4 Å². The van der Waals surface area contributed by atoms with Crippen molar-refractivity contribution in [1.29, 1.82) is 0 Å². The van der Waals surface area contributed by atoms with Crippen LogP contribution in [0.15, 0.2) is 48.1 Å². The molecule has 1 atom stereocenters. The first-order valence-corrected chi connectivity index (χ1v) is 9.11. The van der Waals surface area contributed by atoms with Crippen LogP contribution in [0.1, 0.15) is 23.3 Å². The molecule has 4 rings (SSSR count). The van der Waals surface area contributed by atoms with Crippen LogP contribution in [-0.4, -0.2) is 45.0 Å². The fourth-order valence-electron chi connectivity index (χ4n) is 3.01. The van der Waals surface area contributed by atoms with Gasteiger partial charge >= 0.3 is 0 Å². The second-order valence-corrected chi connectivity index (χ2v) is 6.74. The van der Waals surface area contributed by atoms with Crippen molar-refractivity contribution in [3.05, 3.63) is 53.8 Å². The van der Waals surface area contributed by atoms with Gasteiger partial charge in [0.25, 0.3) is 5.91 Å². The molecule has 1 N–H and O–H groups in total. The summed E-state index contributed by atoms with van der Waals surface area (Å²) < 4.78 is 0. The molecule has 3 aromatic rings. The van der Waals surface area contributed by atoms with Crippen molar-refractivity contribution < 1.29 is 4.79 Å². The molecule has 0 spiro atoms. The van der Waals surface area contributed by atoms with Crippen molar-refractivity contribution in [2.75, 3.05) is 18.0 Å². The summed E-state index contributed by atoms with van der Waals surface area (Å²) in [6.45, 7) is 1.56. The molecule has 0 bridgehead atoms. The summed E-state index contributed by atoms with van der Waals surface area (Å²) in [6.07, 6.45) is 5.48. The highest BCUT2D eigenvalue weighted by Crippen LogP contribution is 2.26. The van der Waals surface area contributed by atoms with E-state index >= 15 is 0 Å². The van der Waals surface area contributed by atoms with Crippen LogP contribution in [0.2, 0.25) is 0 Å². The lowest BCUT2D eigenvalue weighted by molar-refractivity contribution is 0.0946. The monoisotopic (exact) mass is 354 g/mol. The van der Waals surface area contributed by atoms with Gasteiger partial charge in [-0.3, -0.25) is 4.79 Å². The molecule has 7 nitrogen and oxygen atoms in total. The smallest absolute Gasteiger partial charge is 0.273 e. The van der Waals surface area contributed by atoms with Crippen LogP contribution in [0.4, 0.5) is 5.13 Å². The van der Waals surface area contributed by atoms with Gasteiger partial charge in [0.1, 0.15) is 0 Å². The second-order valence-electron chi connectivity index (χ2n) is 5.87. The number of aromatic nitrogens is 4. The highest BCUT2D eigenvalue weighted by molar-refractivity contribution is 7.13. The molecule has 2 aromatic heterocycles. The van der Waals surface area contributed by atoms with E-state index in [2.05, 4.69) is 25.4 Å². The zero-order chi connectivity index (χ0) is 17.1. The first-order valence-electron chi connectivity index (χ1n) is 8.23. The van der Waals surface area contributed by atoms with Gasteiger partial charge in [-0.2, -0.15) is 9.90 Å². The Morgan fingerprint density at radius 1 is 1.32 bits per heavy atom. The number of carbonyl (C=O) groups excluding carboxylic acids is 1. The van der Waals surface area contributed by atoms with Crippen LogP contribution in [0.25, 0.3) is 5.69 Å². The number of amides is 1. The lowest BCUT2D eigenvalue weighted by atomic mass is 10.2. The van der Waals surface area contributed by atoms with Gasteiger partial charge in [0, 0.05) is 30.7 Å². The molecule has 0 radical (unpaired) electrons. The van der Waals surface area contributed by atoms with Crippen LogP contribution < -0.4 is 10.2 Å². The van der Waals surface area contributed by atoms with E-state index in [1.165, 1.54) is 11.0 Å². The van der Waals surface area contributed by atoms with Crippen LogP contribution >= 0.6 is 11.3 Å². The van der Waals surface area contributed by atoms with E-state index in [9.17, 15) is 4.79 Å². The number of anilines is 1. The third-order valence-electron chi connectivity index (χ3n) is 4.25. The average molecular weight is 354 g/mol. The number of nitrogens with zero attached hydrogens (tertiary/aromatic N) is 5. The van der Waals surface area contributed by atoms with E-state index in [0.29, 0.717) is 12.2 Å². The largest absolute Gasteiger partial charge is 0.349 e. The molecule has 1 aromatic carbocycles. The average Bonchev–Trinajstić information content (AvgIpc) is 3.41. The van der Waals surface area contributed by atoms with Gasteiger partial charge in [0.05, 0.1) is 11.9 Å². The molecule has 1 saturated heterocycles. The molecule has 1 unspecified atom stereocenters. The Balaban J connectivity index is 1.39. The molecule has 128 valence electrons. The minimum atomic E-state index is -0.201. The first kappa shape index (κ1) is 15.8. The Morgan fingerprint density at radius 2 is 2.20 bits per heavy atom. The summed E-state index contributed by atoms with van der Waals surface area (Å²) >= 11 is 1.63. The van der Waals surface area contributed by atoms with E-state index in [1.807, 2.05) is 41.9 Å². The molecule has 3 heterocycles. The molecule has 25 heavy (non-hydrogen) atoms. The predicted octanol–water partition coefficient (Wildman–Crippen LogP) is 2.12. The summed E-state index contributed by atoms with van der Waals surface area (Å²) in [5, 5.41) is 14.4. The molecule has 0 saturated carbocycles. The fourth-order valence-corrected chi connectivity index (χ4v) is 3.75. The number of nitrogens with one attached hydrogen (secondary N) is 1. The summed E-state index contributed by atoms with van der Waals surface area (Å²) in [6, 6.07) is 9.81. The van der Waals surface area contributed by atoms with E-state index in [-0.39, 0.29) is 11.9 Å². The quantitative estimate of drug-likeness (QED) is 0.759. The fraction of sp³-hybridized carbons (Fsp3) is 0.294. The van der Waals surface area contributed by atoms with Crippen molar-refractivity contribution in [1.82, 2.24) is 25.3 Å². The van der Waals surface area contributed by atoms with Gasteiger partial charge in [-0.1, -0.05) is 18.2 Å². The maximum absolute atomic E-state index is 12.4. The third-order valence-corrected chi connectivity index (χ3v) is 5.06. The van der Waals surface area contributed by atoms with Crippen molar-refractivity contribution >= 4 is 22.4 Å². The van der Waals surface area contributed by atoms with E-state index < -0.39 is 0 Å². The molecular formula is C17H18N6OS. The molecule has 1 aliphatic heterocycles. The van der Waals surface area contributed by atoms with Crippen molar-refractivity contribution in [3.8, 4) is 5.69 Å². The Morgan fingerprint density at radius 3 is 3.00 bits per heavy atom. The lowest BCUT2D eigenvalue weighted by Gasteiger charge is -2.23. The van der Waals surface area contributed by atoms with Crippen molar-refractivity contribution in [2.24, 2.45) is 0 Å². The molecule has 1 fully saturated rings. The number of carbonyl (C=O) groups is 1. The maximum atomic E-state index is 12.4. The van der Waals surface area contributed by atoms with E-state index in [0.717, 1.165) is 30.2 Å². The number of rotatable bonds is 5. The summed E-state index contributed by atoms with van der Waals surface area (Å²) in [4.78, 5) is 20.5. The van der Waals surface area contributed by atoms with Crippen LogP contribution in [-0.2, 0) is 0 Å².